The number of anilines is 2. The lowest BCUT2D eigenvalue weighted by Gasteiger charge is -2.19. The van der Waals surface area contributed by atoms with Crippen molar-refractivity contribution in [1.82, 2.24) is 15.2 Å². The summed E-state index contributed by atoms with van der Waals surface area (Å²) in [7, 11) is 0. The number of hydrogen-bond acceptors (Lipinski definition) is 4. The van der Waals surface area contributed by atoms with E-state index in [-0.39, 0.29) is 5.91 Å². The SMILES string of the molecule is CCN(C(=O)c1n[nH]c(C2CC2)c1N)c1ccncc1. The monoisotopic (exact) mass is 271 g/mol. The molecule has 0 radical (unpaired) electrons. The van der Waals surface area contributed by atoms with Crippen LogP contribution in [0.4, 0.5) is 11.4 Å². The molecular weight excluding hydrogens is 254 g/mol. The van der Waals surface area contributed by atoms with E-state index < -0.39 is 0 Å². The van der Waals surface area contributed by atoms with Gasteiger partial charge in [0.15, 0.2) is 5.69 Å². The number of nitrogen functional groups attached to an aromatic ring is 1. The second-order valence-corrected chi connectivity index (χ2v) is 4.93. The molecule has 0 unspecified atom stereocenters. The third-order valence-electron chi connectivity index (χ3n) is 3.56. The molecule has 20 heavy (non-hydrogen) atoms. The third-order valence-corrected chi connectivity index (χ3v) is 3.56. The zero-order valence-electron chi connectivity index (χ0n) is 11.3. The maximum absolute atomic E-state index is 12.6. The van der Waals surface area contributed by atoms with Crippen molar-refractivity contribution in [3.63, 3.8) is 0 Å². The van der Waals surface area contributed by atoms with Crippen LogP contribution in [-0.4, -0.2) is 27.6 Å². The molecule has 1 aliphatic carbocycles. The molecule has 1 amide bonds. The molecule has 2 heterocycles. The van der Waals surface area contributed by atoms with Crippen molar-refractivity contribution in [1.29, 1.82) is 0 Å². The zero-order chi connectivity index (χ0) is 14.1. The summed E-state index contributed by atoms with van der Waals surface area (Å²) in [6.07, 6.45) is 5.55. The van der Waals surface area contributed by atoms with Crippen molar-refractivity contribution < 1.29 is 4.79 Å². The van der Waals surface area contributed by atoms with Gasteiger partial charge in [-0.25, -0.2) is 0 Å². The Morgan fingerprint density at radius 1 is 1.45 bits per heavy atom. The number of pyridine rings is 1. The Morgan fingerprint density at radius 2 is 2.15 bits per heavy atom. The summed E-state index contributed by atoms with van der Waals surface area (Å²) in [4.78, 5) is 18.2. The minimum Gasteiger partial charge on any atom is -0.395 e. The first-order valence-electron chi connectivity index (χ1n) is 6.78. The highest BCUT2D eigenvalue weighted by Crippen LogP contribution is 2.42. The lowest BCUT2D eigenvalue weighted by molar-refractivity contribution is 0.0984. The molecular formula is C14H17N5O. The number of amides is 1. The van der Waals surface area contributed by atoms with Gasteiger partial charge in [-0.15, -0.1) is 0 Å². The smallest absolute Gasteiger partial charge is 0.280 e. The Bertz CT molecular complexity index is 618. The molecule has 1 saturated carbocycles. The van der Waals surface area contributed by atoms with Crippen molar-refractivity contribution in [2.75, 3.05) is 17.2 Å². The number of carbonyl (C=O) groups is 1. The van der Waals surface area contributed by atoms with Gasteiger partial charge in [0.25, 0.3) is 5.91 Å². The van der Waals surface area contributed by atoms with Crippen LogP contribution in [0.2, 0.25) is 0 Å². The van der Waals surface area contributed by atoms with E-state index in [0.717, 1.165) is 24.2 Å². The molecule has 3 N–H and O–H groups in total. The Morgan fingerprint density at radius 3 is 2.75 bits per heavy atom. The molecule has 6 nitrogen and oxygen atoms in total. The van der Waals surface area contributed by atoms with E-state index in [9.17, 15) is 4.79 Å². The molecule has 1 fully saturated rings. The molecule has 3 rings (SSSR count). The fraction of sp³-hybridized carbons (Fsp3) is 0.357. The van der Waals surface area contributed by atoms with Gasteiger partial charge >= 0.3 is 0 Å². The number of nitrogens with zero attached hydrogens (tertiary/aromatic N) is 3. The van der Waals surface area contributed by atoms with Gasteiger partial charge in [0.2, 0.25) is 0 Å². The molecule has 104 valence electrons. The molecule has 2 aromatic heterocycles. The van der Waals surface area contributed by atoms with E-state index in [1.165, 1.54) is 0 Å². The van der Waals surface area contributed by atoms with E-state index in [2.05, 4.69) is 15.2 Å². The van der Waals surface area contributed by atoms with Gasteiger partial charge in [-0.05, 0) is 31.9 Å². The lowest BCUT2D eigenvalue weighted by atomic mass is 10.2. The zero-order valence-corrected chi connectivity index (χ0v) is 11.3. The first-order chi connectivity index (χ1) is 9.72. The van der Waals surface area contributed by atoms with Crippen LogP contribution in [0, 0.1) is 0 Å². The minimum atomic E-state index is -0.181. The van der Waals surface area contributed by atoms with Gasteiger partial charge in [0.05, 0.1) is 11.4 Å². The maximum Gasteiger partial charge on any atom is 0.280 e. The van der Waals surface area contributed by atoms with E-state index in [4.69, 9.17) is 5.73 Å². The van der Waals surface area contributed by atoms with Crippen LogP contribution in [0.25, 0.3) is 0 Å². The van der Waals surface area contributed by atoms with Crippen LogP contribution in [0.15, 0.2) is 24.5 Å². The van der Waals surface area contributed by atoms with Gasteiger partial charge in [-0.3, -0.25) is 14.9 Å². The molecule has 0 atom stereocenters. The first-order valence-corrected chi connectivity index (χ1v) is 6.78. The predicted molar refractivity (Wildman–Crippen MR) is 76.6 cm³/mol. The van der Waals surface area contributed by atoms with Crippen LogP contribution in [0.5, 0.6) is 0 Å². The number of nitrogens with two attached hydrogens (primary N) is 1. The first kappa shape index (κ1) is 12.7. The molecule has 0 aliphatic heterocycles. The highest BCUT2D eigenvalue weighted by molar-refractivity contribution is 6.08. The summed E-state index contributed by atoms with van der Waals surface area (Å²) in [5.74, 6) is 0.263. The Balaban J connectivity index is 1.91. The van der Waals surface area contributed by atoms with Gasteiger partial charge < -0.3 is 10.6 Å². The average Bonchev–Trinajstić information content (AvgIpc) is 3.24. The summed E-state index contributed by atoms with van der Waals surface area (Å²) in [5.41, 5.74) is 8.56. The third kappa shape index (κ3) is 2.13. The standard InChI is InChI=1S/C14H17N5O/c1-2-19(10-5-7-16-8-6-10)14(20)13-11(15)12(17-18-13)9-3-4-9/h5-9H,2-4,15H2,1H3,(H,17,18). The highest BCUT2D eigenvalue weighted by atomic mass is 16.2. The van der Waals surface area contributed by atoms with E-state index >= 15 is 0 Å². The number of H-pyrrole nitrogens is 1. The fourth-order valence-corrected chi connectivity index (χ4v) is 2.31. The summed E-state index contributed by atoms with van der Waals surface area (Å²) >= 11 is 0. The summed E-state index contributed by atoms with van der Waals surface area (Å²) < 4.78 is 0. The Kier molecular flexibility index (Phi) is 3.14. The minimum absolute atomic E-state index is 0.181. The van der Waals surface area contributed by atoms with Crippen molar-refractivity contribution in [2.45, 2.75) is 25.7 Å². The Labute approximate surface area is 117 Å². The van der Waals surface area contributed by atoms with Crippen molar-refractivity contribution >= 4 is 17.3 Å². The van der Waals surface area contributed by atoms with Crippen molar-refractivity contribution in [3.05, 3.63) is 35.9 Å². The number of aromatic nitrogens is 3. The normalized spacial score (nSPS) is 14.2. The van der Waals surface area contributed by atoms with Gasteiger partial charge in [0, 0.05) is 30.5 Å². The second-order valence-electron chi connectivity index (χ2n) is 4.93. The predicted octanol–water partition coefficient (Wildman–Crippen LogP) is 1.93. The quantitative estimate of drug-likeness (QED) is 0.889. The largest absolute Gasteiger partial charge is 0.395 e. The second kappa shape index (κ2) is 4.96. The van der Waals surface area contributed by atoms with E-state index in [1.54, 1.807) is 29.4 Å². The van der Waals surface area contributed by atoms with Crippen molar-refractivity contribution in [2.24, 2.45) is 0 Å². The molecule has 0 bridgehead atoms. The van der Waals surface area contributed by atoms with E-state index in [0.29, 0.717) is 23.8 Å². The number of nitrogens with one attached hydrogen (secondary N) is 1. The number of aromatic amines is 1. The van der Waals surface area contributed by atoms with Gasteiger partial charge in [-0.2, -0.15) is 5.10 Å². The number of hydrogen-bond donors (Lipinski definition) is 2. The van der Waals surface area contributed by atoms with Crippen molar-refractivity contribution in [3.8, 4) is 0 Å². The van der Waals surface area contributed by atoms with Gasteiger partial charge in [-0.1, -0.05) is 0 Å². The summed E-state index contributed by atoms with van der Waals surface area (Å²) in [5, 5.41) is 7.03. The van der Waals surface area contributed by atoms with Crippen LogP contribution < -0.4 is 10.6 Å². The average molecular weight is 271 g/mol. The molecule has 6 heteroatoms. The molecule has 0 aromatic carbocycles. The van der Waals surface area contributed by atoms with Crippen LogP contribution in [0.3, 0.4) is 0 Å². The van der Waals surface area contributed by atoms with Crippen LogP contribution in [0.1, 0.15) is 41.9 Å². The highest BCUT2D eigenvalue weighted by Gasteiger charge is 2.31. The summed E-state index contributed by atoms with van der Waals surface area (Å²) in [6, 6.07) is 3.60. The van der Waals surface area contributed by atoms with E-state index in [1.807, 2.05) is 6.92 Å². The summed E-state index contributed by atoms with van der Waals surface area (Å²) in [6.45, 7) is 2.47. The topological polar surface area (TPSA) is 87.9 Å². The fourth-order valence-electron chi connectivity index (χ4n) is 2.31. The van der Waals surface area contributed by atoms with Crippen LogP contribution in [-0.2, 0) is 0 Å². The molecule has 0 saturated heterocycles. The molecule has 1 aliphatic rings. The lowest BCUT2D eigenvalue weighted by Crippen LogP contribution is -2.31. The van der Waals surface area contributed by atoms with Crippen LogP contribution >= 0.6 is 0 Å². The number of rotatable bonds is 4. The number of carbonyl (C=O) groups excluding carboxylic acids is 1. The Hall–Kier alpha value is -2.37. The van der Waals surface area contributed by atoms with Gasteiger partial charge in [0.1, 0.15) is 0 Å². The molecule has 0 spiro atoms. The molecule has 2 aromatic rings. The maximum atomic E-state index is 12.6.